The number of hydrogen-bond donors (Lipinski definition) is 3. The summed E-state index contributed by atoms with van der Waals surface area (Å²) in [7, 11) is 0. The number of likely N-dealkylation sites (tertiary alicyclic amines) is 1. The van der Waals surface area contributed by atoms with Crippen molar-refractivity contribution in [3.05, 3.63) is 35.9 Å². The number of urea groups is 1. The van der Waals surface area contributed by atoms with Gasteiger partial charge in [-0.3, -0.25) is 9.59 Å². The van der Waals surface area contributed by atoms with Crippen molar-refractivity contribution >= 4 is 17.9 Å². The van der Waals surface area contributed by atoms with Crippen LogP contribution in [0.25, 0.3) is 0 Å². The van der Waals surface area contributed by atoms with E-state index in [1.165, 1.54) is 4.90 Å². The number of carbonyl (C=O) groups is 3. The van der Waals surface area contributed by atoms with Gasteiger partial charge in [-0.15, -0.1) is 0 Å². The molecule has 2 atom stereocenters. The smallest absolute Gasteiger partial charge is 0.315 e. The molecule has 2 unspecified atom stereocenters. The monoisotopic (exact) mass is 347 g/mol. The molecular formula is C18H25N3O4. The maximum Gasteiger partial charge on any atom is 0.315 e. The van der Waals surface area contributed by atoms with Crippen LogP contribution in [0.1, 0.15) is 25.8 Å². The summed E-state index contributed by atoms with van der Waals surface area (Å²) in [4.78, 5) is 37.4. The number of nitrogens with zero attached hydrogens (tertiary/aromatic N) is 1. The Morgan fingerprint density at radius 1 is 1.24 bits per heavy atom. The molecule has 0 saturated carbocycles. The number of carboxylic acid groups (broad SMARTS) is 1. The fourth-order valence-electron chi connectivity index (χ4n) is 2.84. The van der Waals surface area contributed by atoms with E-state index in [2.05, 4.69) is 10.6 Å². The van der Waals surface area contributed by atoms with E-state index in [1.54, 1.807) is 0 Å². The zero-order valence-corrected chi connectivity index (χ0v) is 14.6. The van der Waals surface area contributed by atoms with Crippen molar-refractivity contribution in [1.29, 1.82) is 0 Å². The van der Waals surface area contributed by atoms with E-state index >= 15 is 0 Å². The van der Waals surface area contributed by atoms with Gasteiger partial charge in [0, 0.05) is 19.6 Å². The number of nitrogens with one attached hydrogen (secondary N) is 2. The second kappa shape index (κ2) is 8.50. The van der Waals surface area contributed by atoms with E-state index in [0.717, 1.165) is 5.56 Å². The van der Waals surface area contributed by atoms with Gasteiger partial charge in [0.15, 0.2) is 0 Å². The van der Waals surface area contributed by atoms with Gasteiger partial charge in [-0.25, -0.2) is 4.79 Å². The molecule has 2 rings (SSSR count). The number of amides is 3. The zero-order valence-electron chi connectivity index (χ0n) is 14.6. The molecule has 1 fully saturated rings. The molecule has 7 nitrogen and oxygen atoms in total. The summed E-state index contributed by atoms with van der Waals surface area (Å²) in [6, 6.07) is 8.40. The summed E-state index contributed by atoms with van der Waals surface area (Å²) in [6.45, 7) is 4.68. The minimum atomic E-state index is -0.884. The van der Waals surface area contributed by atoms with Crippen LogP contribution >= 0.6 is 0 Å². The third-order valence-corrected chi connectivity index (χ3v) is 4.36. The van der Waals surface area contributed by atoms with E-state index in [4.69, 9.17) is 5.11 Å². The summed E-state index contributed by atoms with van der Waals surface area (Å²) in [5.74, 6) is -1.74. The molecule has 0 bridgehead atoms. The second-order valence-electron chi connectivity index (χ2n) is 6.64. The molecule has 1 saturated heterocycles. The molecule has 1 aliphatic rings. The van der Waals surface area contributed by atoms with Crippen molar-refractivity contribution in [1.82, 2.24) is 15.5 Å². The first-order chi connectivity index (χ1) is 11.9. The van der Waals surface area contributed by atoms with Crippen molar-refractivity contribution in [2.24, 2.45) is 11.8 Å². The van der Waals surface area contributed by atoms with Gasteiger partial charge in [0.25, 0.3) is 0 Å². The summed E-state index contributed by atoms with van der Waals surface area (Å²) in [5, 5.41) is 14.5. The lowest BCUT2D eigenvalue weighted by molar-refractivity contribution is -0.141. The molecule has 1 aromatic rings. The molecule has 0 radical (unpaired) electrons. The molecule has 3 N–H and O–H groups in total. The number of rotatable bonds is 6. The lowest BCUT2D eigenvalue weighted by atomic mass is 10.0. The quantitative estimate of drug-likeness (QED) is 0.725. The fraction of sp³-hybridized carbons (Fsp3) is 0.500. The summed E-state index contributed by atoms with van der Waals surface area (Å²) >= 11 is 0. The summed E-state index contributed by atoms with van der Waals surface area (Å²) in [6.07, 6.45) is 0.450. The normalized spacial score (nSPS) is 18.0. The Bertz CT molecular complexity index is 618. The number of hydrogen-bond acceptors (Lipinski definition) is 3. The molecule has 1 aromatic carbocycles. The highest BCUT2D eigenvalue weighted by Crippen LogP contribution is 2.18. The Kier molecular flexibility index (Phi) is 6.38. The van der Waals surface area contributed by atoms with E-state index in [0.29, 0.717) is 19.5 Å². The van der Waals surface area contributed by atoms with Gasteiger partial charge >= 0.3 is 12.0 Å². The van der Waals surface area contributed by atoms with Crippen LogP contribution in [0.3, 0.4) is 0 Å². The van der Waals surface area contributed by atoms with Gasteiger partial charge < -0.3 is 20.6 Å². The number of aliphatic carboxylic acids is 1. The van der Waals surface area contributed by atoms with Crippen molar-refractivity contribution in [2.75, 3.05) is 13.1 Å². The Labute approximate surface area is 147 Å². The van der Waals surface area contributed by atoms with E-state index in [9.17, 15) is 14.4 Å². The Morgan fingerprint density at radius 3 is 2.48 bits per heavy atom. The minimum Gasteiger partial charge on any atom is -0.481 e. The minimum absolute atomic E-state index is 0.0983. The van der Waals surface area contributed by atoms with Crippen molar-refractivity contribution in [3.8, 4) is 0 Å². The fourth-order valence-corrected chi connectivity index (χ4v) is 2.84. The average Bonchev–Trinajstić information content (AvgIpc) is 3.08. The maximum absolute atomic E-state index is 12.7. The first-order valence-electron chi connectivity index (χ1n) is 8.48. The van der Waals surface area contributed by atoms with E-state index in [1.807, 2.05) is 44.2 Å². The third-order valence-electron chi connectivity index (χ3n) is 4.36. The standard InChI is InChI=1S/C18H25N3O4/c1-12(2)15(16(22)21-9-8-14(11-21)17(23)24)20-18(25)19-10-13-6-4-3-5-7-13/h3-7,12,14-15H,8-11H2,1-2H3,(H,23,24)(H2,19,20,25). The molecule has 1 aliphatic heterocycles. The van der Waals surface area contributed by atoms with Crippen LogP contribution in [0, 0.1) is 11.8 Å². The first-order valence-corrected chi connectivity index (χ1v) is 8.48. The van der Waals surface area contributed by atoms with Crippen LogP contribution in [0.15, 0.2) is 30.3 Å². The van der Waals surface area contributed by atoms with Crippen LogP contribution in [-0.4, -0.2) is 47.0 Å². The lowest BCUT2D eigenvalue weighted by Gasteiger charge is -2.27. The van der Waals surface area contributed by atoms with Crippen LogP contribution in [0.4, 0.5) is 4.79 Å². The Balaban J connectivity index is 1.90. The second-order valence-corrected chi connectivity index (χ2v) is 6.64. The average molecular weight is 347 g/mol. The highest BCUT2D eigenvalue weighted by atomic mass is 16.4. The van der Waals surface area contributed by atoms with Crippen LogP contribution in [0.2, 0.25) is 0 Å². The number of carbonyl (C=O) groups excluding carboxylic acids is 2. The largest absolute Gasteiger partial charge is 0.481 e. The third kappa shape index (κ3) is 5.20. The maximum atomic E-state index is 12.7. The molecule has 1 heterocycles. The van der Waals surface area contributed by atoms with Gasteiger partial charge in [0.05, 0.1) is 5.92 Å². The van der Waals surface area contributed by atoms with E-state index in [-0.39, 0.29) is 18.4 Å². The zero-order chi connectivity index (χ0) is 18.4. The van der Waals surface area contributed by atoms with Gasteiger partial charge in [-0.2, -0.15) is 0 Å². The van der Waals surface area contributed by atoms with Crippen molar-refractivity contribution < 1.29 is 19.5 Å². The van der Waals surface area contributed by atoms with Gasteiger partial charge in [0.1, 0.15) is 6.04 Å². The predicted molar refractivity (Wildman–Crippen MR) is 92.8 cm³/mol. The summed E-state index contributed by atoms with van der Waals surface area (Å²) < 4.78 is 0. The SMILES string of the molecule is CC(C)C(NC(=O)NCc1ccccc1)C(=O)N1CCC(C(=O)O)C1. The molecule has 0 aliphatic carbocycles. The molecule has 25 heavy (non-hydrogen) atoms. The Morgan fingerprint density at radius 2 is 1.92 bits per heavy atom. The molecule has 3 amide bonds. The predicted octanol–water partition coefficient (Wildman–Crippen LogP) is 1.44. The molecule has 7 heteroatoms. The molecule has 0 aromatic heterocycles. The van der Waals surface area contributed by atoms with Crippen LogP contribution in [-0.2, 0) is 16.1 Å². The highest BCUT2D eigenvalue weighted by Gasteiger charge is 2.35. The van der Waals surface area contributed by atoms with Crippen LogP contribution in [0.5, 0.6) is 0 Å². The number of benzene rings is 1. The van der Waals surface area contributed by atoms with Gasteiger partial charge in [-0.1, -0.05) is 44.2 Å². The topological polar surface area (TPSA) is 98.7 Å². The molecule has 136 valence electrons. The highest BCUT2D eigenvalue weighted by molar-refractivity contribution is 5.88. The van der Waals surface area contributed by atoms with Gasteiger partial charge in [0.2, 0.25) is 5.91 Å². The molecular weight excluding hydrogens is 322 g/mol. The van der Waals surface area contributed by atoms with Crippen LogP contribution < -0.4 is 10.6 Å². The van der Waals surface area contributed by atoms with Crippen molar-refractivity contribution in [2.45, 2.75) is 32.9 Å². The number of carboxylic acids is 1. The Hall–Kier alpha value is -2.57. The first kappa shape index (κ1) is 18.8. The summed E-state index contributed by atoms with van der Waals surface area (Å²) in [5.41, 5.74) is 0.967. The van der Waals surface area contributed by atoms with Crippen molar-refractivity contribution in [3.63, 3.8) is 0 Å². The molecule has 0 spiro atoms. The lowest BCUT2D eigenvalue weighted by Crippen LogP contribution is -2.53. The van der Waals surface area contributed by atoms with E-state index < -0.39 is 24.0 Å². The van der Waals surface area contributed by atoms with Gasteiger partial charge in [-0.05, 0) is 17.9 Å².